The van der Waals surface area contributed by atoms with Crippen LogP contribution in [0, 0.1) is 47.6 Å². The summed E-state index contributed by atoms with van der Waals surface area (Å²) in [6.07, 6.45) is 0. The van der Waals surface area contributed by atoms with Gasteiger partial charge >= 0.3 is 5.92 Å². The lowest BCUT2D eigenvalue weighted by atomic mass is 9.98. The molecular weight excluding hydrogens is 339 g/mol. The van der Waals surface area contributed by atoms with Crippen molar-refractivity contribution in [2.45, 2.75) is 12.8 Å². The first-order valence-electron chi connectivity index (χ1n) is 5.95. The number of fused-ring (bicyclic) bond motifs is 3. The van der Waals surface area contributed by atoms with Crippen LogP contribution in [0.1, 0.15) is 16.7 Å². The largest absolute Gasteiger partial charge is 0.305 e. The van der Waals surface area contributed by atoms with E-state index in [1.54, 1.807) is 0 Å². The Morgan fingerprint density at radius 2 is 0.913 bits per heavy atom. The van der Waals surface area contributed by atoms with Crippen LogP contribution in [-0.4, -0.2) is 0 Å². The Morgan fingerprint density at radius 1 is 0.522 bits per heavy atom. The van der Waals surface area contributed by atoms with Crippen molar-refractivity contribution in [3.63, 3.8) is 0 Å². The van der Waals surface area contributed by atoms with Gasteiger partial charge in [-0.15, -0.1) is 0 Å². The van der Waals surface area contributed by atoms with Gasteiger partial charge in [0.05, 0.1) is 11.1 Å². The lowest BCUT2D eigenvalue weighted by Crippen LogP contribution is -2.18. The van der Waals surface area contributed by atoms with Gasteiger partial charge in [-0.05, 0) is 12.5 Å². The third-order valence-corrected chi connectivity index (χ3v) is 3.70. The Bertz CT molecular complexity index is 812. The molecule has 0 atom stereocenters. The zero-order valence-corrected chi connectivity index (χ0v) is 10.9. The van der Waals surface area contributed by atoms with Gasteiger partial charge in [-0.3, -0.25) is 0 Å². The molecule has 2 aromatic rings. The van der Waals surface area contributed by atoms with Gasteiger partial charge in [0.1, 0.15) is 0 Å². The van der Waals surface area contributed by atoms with E-state index in [0.29, 0.717) is 6.92 Å². The van der Waals surface area contributed by atoms with Crippen LogP contribution in [-0.2, 0) is 5.92 Å². The molecule has 9 heteroatoms. The smallest absolute Gasteiger partial charge is 0.203 e. The summed E-state index contributed by atoms with van der Waals surface area (Å²) >= 11 is 0. The van der Waals surface area contributed by atoms with Crippen LogP contribution < -0.4 is 0 Å². The van der Waals surface area contributed by atoms with Crippen LogP contribution in [0.2, 0.25) is 0 Å². The predicted octanol–water partition coefficient (Wildman–Crippen LogP) is 5.09. The fourth-order valence-electron chi connectivity index (χ4n) is 2.67. The second-order valence-electron chi connectivity index (χ2n) is 4.90. The van der Waals surface area contributed by atoms with Gasteiger partial charge in [0, 0.05) is 11.1 Å². The van der Waals surface area contributed by atoms with E-state index in [1.165, 1.54) is 0 Å². The van der Waals surface area contributed by atoms with Gasteiger partial charge in [0.2, 0.25) is 0 Å². The topological polar surface area (TPSA) is 0 Å². The Kier molecular flexibility index (Phi) is 3.02. The van der Waals surface area contributed by atoms with Crippen LogP contribution >= 0.6 is 0 Å². The quantitative estimate of drug-likeness (QED) is 0.355. The third-order valence-electron chi connectivity index (χ3n) is 3.70. The first-order valence-corrected chi connectivity index (χ1v) is 5.95. The van der Waals surface area contributed by atoms with Crippen LogP contribution in [0.15, 0.2) is 0 Å². The van der Waals surface area contributed by atoms with E-state index >= 15 is 0 Å². The normalized spacial score (nSPS) is 14.9. The molecule has 0 nitrogen and oxygen atoms in total. The van der Waals surface area contributed by atoms with Crippen molar-refractivity contribution in [1.29, 1.82) is 0 Å². The van der Waals surface area contributed by atoms with Crippen molar-refractivity contribution in [3.8, 4) is 11.1 Å². The molecule has 0 fully saturated rings. The van der Waals surface area contributed by atoms with E-state index < -0.39 is 74.5 Å². The first-order chi connectivity index (χ1) is 10.5. The van der Waals surface area contributed by atoms with Crippen molar-refractivity contribution in [2.75, 3.05) is 0 Å². The van der Waals surface area contributed by atoms with Crippen LogP contribution in [0.25, 0.3) is 11.1 Å². The van der Waals surface area contributed by atoms with Gasteiger partial charge < -0.3 is 0 Å². The Morgan fingerprint density at radius 3 is 1.43 bits per heavy atom. The van der Waals surface area contributed by atoms with Crippen LogP contribution in [0.4, 0.5) is 39.5 Å². The third kappa shape index (κ3) is 1.64. The van der Waals surface area contributed by atoms with E-state index in [4.69, 9.17) is 0 Å². The van der Waals surface area contributed by atoms with Crippen LogP contribution in [0.3, 0.4) is 0 Å². The fourth-order valence-corrected chi connectivity index (χ4v) is 2.67. The maximum absolute atomic E-state index is 14.2. The minimum absolute atomic E-state index is 0.695. The molecule has 122 valence electrons. The van der Waals surface area contributed by atoms with Gasteiger partial charge in [-0.2, -0.15) is 8.78 Å². The Balaban J connectivity index is 2.63. The van der Waals surface area contributed by atoms with Gasteiger partial charge in [0.15, 0.2) is 40.7 Å². The van der Waals surface area contributed by atoms with Crippen molar-refractivity contribution >= 4 is 0 Å². The molecule has 1 aliphatic carbocycles. The van der Waals surface area contributed by atoms with E-state index in [-0.39, 0.29) is 0 Å². The number of halogens is 9. The number of rotatable bonds is 0. The molecule has 0 aliphatic heterocycles. The highest BCUT2D eigenvalue weighted by atomic mass is 19.3. The standard InChI is InChI=1S/C14H3F9/c1-2-3-4-6(10(18)13(21)12(20)8(4)16)14(22,23)5(3)9(17)11(19)7(2)15/h1H3. The van der Waals surface area contributed by atoms with E-state index in [1.807, 2.05) is 0 Å². The maximum Gasteiger partial charge on any atom is 0.305 e. The molecule has 0 heterocycles. The molecular formula is C14H3F9. The highest BCUT2D eigenvalue weighted by Gasteiger charge is 2.54. The fraction of sp³-hybridized carbons (Fsp3) is 0.143. The van der Waals surface area contributed by atoms with E-state index in [9.17, 15) is 39.5 Å². The summed E-state index contributed by atoms with van der Waals surface area (Å²) in [5, 5.41) is 0. The molecule has 1 aliphatic rings. The molecule has 0 amide bonds. The molecule has 0 saturated heterocycles. The monoisotopic (exact) mass is 342 g/mol. The lowest BCUT2D eigenvalue weighted by molar-refractivity contribution is 0.0384. The van der Waals surface area contributed by atoms with E-state index in [2.05, 4.69) is 0 Å². The Labute approximate surface area is 122 Å². The molecule has 0 spiro atoms. The van der Waals surface area contributed by atoms with Gasteiger partial charge in [-0.25, -0.2) is 30.7 Å². The molecule has 0 saturated carbocycles. The number of hydrogen-bond acceptors (Lipinski definition) is 0. The lowest BCUT2D eigenvalue weighted by Gasteiger charge is -2.14. The number of alkyl halides is 2. The molecule has 23 heavy (non-hydrogen) atoms. The van der Waals surface area contributed by atoms with Crippen LogP contribution in [0.5, 0.6) is 0 Å². The molecule has 3 rings (SSSR count). The van der Waals surface area contributed by atoms with Gasteiger partial charge in [-0.1, -0.05) is 0 Å². The average molecular weight is 342 g/mol. The second-order valence-corrected chi connectivity index (χ2v) is 4.90. The first kappa shape index (κ1) is 15.7. The average Bonchev–Trinajstić information content (AvgIpc) is 2.74. The summed E-state index contributed by atoms with van der Waals surface area (Å²) in [5.41, 5.74) is -7.63. The van der Waals surface area contributed by atoms with Crippen molar-refractivity contribution < 1.29 is 39.5 Å². The summed E-state index contributed by atoms with van der Waals surface area (Å²) in [7, 11) is 0. The number of hydrogen-bond donors (Lipinski definition) is 0. The van der Waals surface area contributed by atoms with Gasteiger partial charge in [0.25, 0.3) is 0 Å². The highest BCUT2D eigenvalue weighted by molar-refractivity contribution is 5.83. The summed E-state index contributed by atoms with van der Waals surface area (Å²) < 4.78 is 123. The molecule has 0 radical (unpaired) electrons. The van der Waals surface area contributed by atoms with Crippen molar-refractivity contribution in [1.82, 2.24) is 0 Å². The van der Waals surface area contributed by atoms with Crippen molar-refractivity contribution in [3.05, 3.63) is 57.4 Å². The molecule has 0 unspecified atom stereocenters. The molecule has 0 aromatic heterocycles. The second kappa shape index (κ2) is 4.42. The summed E-state index contributed by atoms with van der Waals surface area (Å²) in [5.74, 6) is -21.0. The SMILES string of the molecule is Cc1c(F)c(F)c(F)c2c1-c1c(F)c(F)c(F)c(F)c1C2(F)F. The highest BCUT2D eigenvalue weighted by Crippen LogP contribution is 2.56. The zero-order valence-electron chi connectivity index (χ0n) is 10.9. The minimum Gasteiger partial charge on any atom is -0.203 e. The number of benzene rings is 2. The maximum atomic E-state index is 14.2. The van der Waals surface area contributed by atoms with E-state index in [0.717, 1.165) is 0 Å². The van der Waals surface area contributed by atoms with Crippen molar-refractivity contribution in [2.24, 2.45) is 0 Å². The predicted molar refractivity (Wildman–Crippen MR) is 59.3 cm³/mol. The molecule has 0 bridgehead atoms. The zero-order chi connectivity index (χ0) is 17.4. The summed E-state index contributed by atoms with van der Waals surface area (Å²) in [6.45, 7) is 0.695. The summed E-state index contributed by atoms with van der Waals surface area (Å²) in [6, 6.07) is 0. The molecule has 2 aromatic carbocycles. The summed E-state index contributed by atoms with van der Waals surface area (Å²) in [4.78, 5) is 0. The Hall–Kier alpha value is -2.19. The molecule has 0 N–H and O–H groups in total. The minimum atomic E-state index is -4.71.